The van der Waals surface area contributed by atoms with E-state index in [0.717, 1.165) is 30.3 Å². The van der Waals surface area contributed by atoms with Gasteiger partial charge in [-0.15, -0.1) is 10.2 Å². The third-order valence-electron chi connectivity index (χ3n) is 6.02. The first-order valence-electron chi connectivity index (χ1n) is 12.9. The summed E-state index contributed by atoms with van der Waals surface area (Å²) in [5.74, 6) is -0.291. The molecule has 2 unspecified atom stereocenters. The molecule has 6 N–H and O–H groups in total. The molecule has 1 aromatic heterocycles. The molecule has 2 aromatic carbocycles. The van der Waals surface area contributed by atoms with Gasteiger partial charge in [0.2, 0.25) is 0 Å². The second kappa shape index (κ2) is 16.2. The van der Waals surface area contributed by atoms with Crippen LogP contribution in [0.4, 0.5) is 23.0 Å². The zero-order valence-electron chi connectivity index (χ0n) is 24.3. The van der Waals surface area contributed by atoms with Crippen LogP contribution in [0.5, 0.6) is 0 Å². The maximum Gasteiger partial charge on any atom is 0.397 e. The van der Waals surface area contributed by atoms with Crippen molar-refractivity contribution in [3.63, 3.8) is 0 Å². The molecular weight excluding hydrogens is 745 g/mol. The zero-order valence-corrected chi connectivity index (χ0v) is 28.4. The molecule has 262 valence electrons. The Balaban J connectivity index is 2.08. The molecule has 0 saturated carbocycles. The summed E-state index contributed by atoms with van der Waals surface area (Å²) in [6.45, 7) is 0.219. The number of aromatic nitrogens is 1. The molecule has 0 fully saturated rings. The summed E-state index contributed by atoms with van der Waals surface area (Å²) in [5.41, 5.74) is -0.677. The lowest BCUT2D eigenvalue weighted by Gasteiger charge is -2.15. The van der Waals surface area contributed by atoms with Gasteiger partial charge in [-0.05, 0) is 19.1 Å². The Morgan fingerprint density at radius 2 is 1.58 bits per heavy atom. The van der Waals surface area contributed by atoms with Crippen LogP contribution in [-0.4, -0.2) is 94.7 Å². The van der Waals surface area contributed by atoms with Crippen LogP contribution in [0, 0.1) is 18.3 Å². The molecule has 0 bridgehead atoms. The monoisotopic (exact) mass is 770 g/mol. The fraction of sp³-hybridized carbons (Fsp3) is 0.304. The number of pyridine rings is 1. The SMILES string of the molecule is Cc1c(C#N)c(NCCS(=O)CCOS(=O)O)nc(NCCOS(=O)(=O)O)c1N=Nc1ccc2c(S(=O)(=O)O)cccc2c1S(=O)(=O)O. The van der Waals surface area contributed by atoms with Crippen molar-refractivity contribution in [2.45, 2.75) is 16.7 Å². The normalized spacial score (nSPS) is 13.8. The van der Waals surface area contributed by atoms with Crippen molar-refractivity contribution in [1.82, 2.24) is 4.98 Å². The van der Waals surface area contributed by atoms with Gasteiger partial charge in [0, 0.05) is 51.7 Å². The standard InChI is InChI=1S/C23H26N6O14S5/c1-14-17(13-24)22(26-8-11-44(30)12-10-42-45(31)32)27-23(25-7-9-43-48(39,40)41)20(14)29-28-18-6-5-15-16(21(18)47(36,37)38)3-2-4-19(15)46(33,34)35/h2-6H,7-12H2,1H3,(H,31,32)(H2,25,26,27)(H,33,34,35)(H,36,37,38)(H,39,40,41). The molecule has 25 heteroatoms. The summed E-state index contributed by atoms with van der Waals surface area (Å²) in [4.78, 5) is 2.76. The molecule has 20 nitrogen and oxygen atoms in total. The highest BCUT2D eigenvalue weighted by atomic mass is 32.3. The molecule has 0 amide bonds. The molecule has 0 aliphatic carbocycles. The molecule has 48 heavy (non-hydrogen) atoms. The lowest BCUT2D eigenvalue weighted by molar-refractivity contribution is 0.278. The van der Waals surface area contributed by atoms with Crippen molar-refractivity contribution in [3.8, 4) is 6.07 Å². The predicted octanol–water partition coefficient (Wildman–Crippen LogP) is 1.87. The Hall–Kier alpha value is -3.55. The zero-order chi connectivity index (χ0) is 35.9. The van der Waals surface area contributed by atoms with Gasteiger partial charge >= 0.3 is 21.8 Å². The average molecular weight is 771 g/mol. The van der Waals surface area contributed by atoms with E-state index in [1.807, 2.05) is 6.07 Å². The van der Waals surface area contributed by atoms with Crippen molar-refractivity contribution in [3.05, 3.63) is 41.5 Å². The van der Waals surface area contributed by atoms with Crippen LogP contribution in [0.2, 0.25) is 0 Å². The second-order valence-corrected chi connectivity index (χ2v) is 15.4. The van der Waals surface area contributed by atoms with Gasteiger partial charge < -0.3 is 10.6 Å². The van der Waals surface area contributed by atoms with Crippen LogP contribution in [0.25, 0.3) is 10.8 Å². The van der Waals surface area contributed by atoms with Gasteiger partial charge in [-0.3, -0.25) is 26.6 Å². The number of rotatable bonds is 17. The first-order chi connectivity index (χ1) is 22.3. The maximum atomic E-state index is 12.4. The third kappa shape index (κ3) is 10.7. The van der Waals surface area contributed by atoms with Gasteiger partial charge in [0.15, 0.2) is 5.82 Å². The molecule has 0 aliphatic heterocycles. The molecule has 3 rings (SSSR count). The van der Waals surface area contributed by atoms with Gasteiger partial charge in [-0.2, -0.15) is 34.7 Å². The Morgan fingerprint density at radius 3 is 2.19 bits per heavy atom. The van der Waals surface area contributed by atoms with E-state index in [9.17, 15) is 48.0 Å². The maximum absolute atomic E-state index is 12.4. The van der Waals surface area contributed by atoms with E-state index in [-0.39, 0.29) is 70.4 Å². The average Bonchev–Trinajstić information content (AvgIpc) is 2.96. The van der Waals surface area contributed by atoms with E-state index in [4.69, 9.17) is 9.11 Å². The van der Waals surface area contributed by atoms with Crippen molar-refractivity contribution in [2.75, 3.05) is 48.4 Å². The Morgan fingerprint density at radius 1 is 0.896 bits per heavy atom. The van der Waals surface area contributed by atoms with E-state index >= 15 is 0 Å². The molecule has 0 radical (unpaired) electrons. The largest absolute Gasteiger partial charge is 0.397 e. The highest BCUT2D eigenvalue weighted by molar-refractivity contribution is 7.86. The van der Waals surface area contributed by atoms with Crippen LogP contribution >= 0.6 is 0 Å². The van der Waals surface area contributed by atoms with Gasteiger partial charge in [0.1, 0.15) is 33.1 Å². The molecule has 3 aromatic rings. The number of nitriles is 1. The number of benzene rings is 2. The molecule has 0 spiro atoms. The van der Waals surface area contributed by atoms with E-state index in [1.165, 1.54) is 6.92 Å². The predicted molar refractivity (Wildman–Crippen MR) is 171 cm³/mol. The number of nitrogens with zero attached hydrogens (tertiary/aromatic N) is 4. The second-order valence-electron chi connectivity index (χ2n) is 9.18. The minimum absolute atomic E-state index is 0.000882. The number of nitrogens with one attached hydrogen (secondary N) is 2. The lowest BCUT2D eigenvalue weighted by atomic mass is 10.1. The van der Waals surface area contributed by atoms with E-state index in [0.29, 0.717) is 0 Å². The summed E-state index contributed by atoms with van der Waals surface area (Å²) in [6.07, 6.45) is 0. The van der Waals surface area contributed by atoms with Gasteiger partial charge in [0.05, 0.1) is 18.8 Å². The summed E-state index contributed by atoms with van der Waals surface area (Å²) < 4.78 is 139. The van der Waals surface area contributed by atoms with Gasteiger partial charge in [-0.25, -0.2) is 9.17 Å². The fourth-order valence-corrected chi connectivity index (χ4v) is 7.04. The number of fused-ring (bicyclic) bond motifs is 1. The summed E-state index contributed by atoms with van der Waals surface area (Å²) >= 11 is -2.52. The Labute approximate surface area is 279 Å². The number of hydrogen-bond acceptors (Lipinski definition) is 16. The minimum Gasteiger partial charge on any atom is -0.368 e. The smallest absolute Gasteiger partial charge is 0.368 e. The van der Waals surface area contributed by atoms with E-state index in [2.05, 4.69) is 34.2 Å². The number of anilines is 2. The quantitative estimate of drug-likeness (QED) is 0.0494. The van der Waals surface area contributed by atoms with Crippen LogP contribution in [0.15, 0.2) is 50.4 Å². The van der Waals surface area contributed by atoms with Crippen molar-refractivity contribution >= 4 is 86.6 Å². The lowest BCUT2D eigenvalue weighted by Crippen LogP contribution is -2.18. The Bertz CT molecular complexity index is 2150. The fourth-order valence-electron chi connectivity index (χ4n) is 4.07. The molecular formula is C23H26N6O14S5. The summed E-state index contributed by atoms with van der Waals surface area (Å²) in [6, 6.07) is 7.33. The number of hydrogen-bond donors (Lipinski definition) is 6. The molecule has 0 saturated heterocycles. The van der Waals surface area contributed by atoms with Crippen LogP contribution < -0.4 is 10.6 Å². The molecule has 1 heterocycles. The Kier molecular flexibility index (Phi) is 13.2. The first-order valence-corrected chi connectivity index (χ1v) is 19.7. The van der Waals surface area contributed by atoms with Gasteiger partial charge in [-0.1, -0.05) is 18.2 Å². The molecule has 2 atom stereocenters. The van der Waals surface area contributed by atoms with Crippen LogP contribution in [-0.2, 0) is 61.2 Å². The summed E-state index contributed by atoms with van der Waals surface area (Å²) in [7, 11) is -16.2. The van der Waals surface area contributed by atoms with E-state index < -0.39 is 74.9 Å². The van der Waals surface area contributed by atoms with Crippen LogP contribution in [0.3, 0.4) is 0 Å². The van der Waals surface area contributed by atoms with Gasteiger partial charge in [0.25, 0.3) is 20.2 Å². The topological polar surface area (TPSA) is 321 Å². The van der Waals surface area contributed by atoms with Crippen molar-refractivity contribution in [1.29, 1.82) is 5.26 Å². The highest BCUT2D eigenvalue weighted by Crippen LogP contribution is 2.38. The highest BCUT2D eigenvalue weighted by Gasteiger charge is 2.24. The minimum atomic E-state index is -5.11. The van der Waals surface area contributed by atoms with Crippen LogP contribution in [0.1, 0.15) is 11.1 Å². The molecule has 0 aliphatic rings. The van der Waals surface area contributed by atoms with Crippen molar-refractivity contribution in [2.24, 2.45) is 10.2 Å². The summed E-state index contributed by atoms with van der Waals surface area (Å²) in [5, 5.41) is 22.7. The van der Waals surface area contributed by atoms with E-state index in [1.54, 1.807) is 0 Å². The number of azo groups is 1. The first kappa shape index (κ1) is 38.9. The third-order valence-corrected chi connectivity index (χ3v) is 9.99. The van der Waals surface area contributed by atoms with Crippen molar-refractivity contribution < 1.29 is 60.2 Å².